The number of hydrogen-bond donors (Lipinski definition) is 2. The molecule has 0 radical (unpaired) electrons. The van der Waals surface area contributed by atoms with E-state index in [1.807, 2.05) is 32.0 Å². The van der Waals surface area contributed by atoms with Crippen LogP contribution >= 0.6 is 11.6 Å². The van der Waals surface area contributed by atoms with Gasteiger partial charge < -0.3 is 10.4 Å². The molecule has 1 fully saturated rings. The van der Waals surface area contributed by atoms with E-state index in [4.69, 9.17) is 11.6 Å². The molecule has 1 aromatic carbocycles. The van der Waals surface area contributed by atoms with Crippen LogP contribution in [-0.4, -0.2) is 37.3 Å². The Bertz CT molecular complexity index is 856. The molecule has 8 heteroatoms. The van der Waals surface area contributed by atoms with Crippen molar-refractivity contribution in [3.05, 3.63) is 40.9 Å². The predicted molar refractivity (Wildman–Crippen MR) is 101 cm³/mol. The van der Waals surface area contributed by atoms with Gasteiger partial charge in [0.25, 0.3) is 5.91 Å². The minimum atomic E-state index is -0.952. The molecule has 27 heavy (non-hydrogen) atoms. The van der Waals surface area contributed by atoms with E-state index in [1.54, 1.807) is 10.7 Å². The number of halogens is 1. The molecule has 0 atom stereocenters. The second-order valence-electron chi connectivity index (χ2n) is 6.94. The van der Waals surface area contributed by atoms with Crippen molar-refractivity contribution in [2.45, 2.75) is 57.4 Å². The number of rotatable bonds is 8. The summed E-state index contributed by atoms with van der Waals surface area (Å²) >= 11 is 6.30. The largest absolute Gasteiger partial charge is 0.481 e. The number of carboxylic acids is 1. The molecule has 144 valence electrons. The first-order chi connectivity index (χ1) is 12.9. The Balaban J connectivity index is 1.93. The molecule has 1 aliphatic carbocycles. The lowest BCUT2D eigenvalue weighted by Crippen LogP contribution is -2.49. The van der Waals surface area contributed by atoms with Gasteiger partial charge in [0, 0.05) is 5.92 Å². The number of para-hydroxylation sites is 1. The number of nitrogens with zero attached hydrogens (tertiary/aromatic N) is 3. The summed E-state index contributed by atoms with van der Waals surface area (Å²) in [7, 11) is 0. The van der Waals surface area contributed by atoms with Gasteiger partial charge in [-0.2, -0.15) is 0 Å². The first kappa shape index (κ1) is 19.4. The zero-order valence-corrected chi connectivity index (χ0v) is 16.2. The van der Waals surface area contributed by atoms with Gasteiger partial charge in [0.15, 0.2) is 0 Å². The predicted octanol–water partition coefficient (Wildman–Crippen LogP) is 3.56. The Morgan fingerprint density at radius 2 is 1.96 bits per heavy atom. The average molecular weight is 391 g/mol. The highest BCUT2D eigenvalue weighted by Crippen LogP contribution is 2.40. The van der Waals surface area contributed by atoms with Crippen molar-refractivity contribution >= 4 is 23.5 Å². The summed E-state index contributed by atoms with van der Waals surface area (Å²) in [5.74, 6) is -0.408. The van der Waals surface area contributed by atoms with Crippen LogP contribution in [0.2, 0.25) is 5.02 Å². The third kappa shape index (κ3) is 4.13. The van der Waals surface area contributed by atoms with Crippen LogP contribution in [0.4, 0.5) is 0 Å². The molecule has 7 nitrogen and oxygen atoms in total. The normalized spacial score (nSPS) is 14.2. The molecule has 1 saturated carbocycles. The summed E-state index contributed by atoms with van der Waals surface area (Å²) in [5.41, 5.74) is -0.145. The monoisotopic (exact) mass is 390 g/mol. The number of hydrogen-bond acceptors (Lipinski definition) is 4. The fourth-order valence-corrected chi connectivity index (χ4v) is 3.35. The first-order valence-corrected chi connectivity index (χ1v) is 9.53. The number of carboxylic acid groups (broad SMARTS) is 1. The number of carbonyl (C=O) groups is 2. The number of amides is 1. The quantitative estimate of drug-likeness (QED) is 0.718. The van der Waals surface area contributed by atoms with E-state index in [0.717, 1.165) is 12.8 Å². The molecule has 0 saturated heterocycles. The van der Waals surface area contributed by atoms with Crippen LogP contribution in [0.25, 0.3) is 5.69 Å². The first-order valence-electron chi connectivity index (χ1n) is 9.15. The van der Waals surface area contributed by atoms with Crippen LogP contribution in [0.15, 0.2) is 24.3 Å². The molecule has 2 aromatic rings. The van der Waals surface area contributed by atoms with Gasteiger partial charge >= 0.3 is 5.97 Å². The lowest BCUT2D eigenvalue weighted by Gasteiger charge is -2.30. The number of nitrogens with one attached hydrogen (secondary N) is 1. The molecule has 0 spiro atoms. The van der Waals surface area contributed by atoms with Gasteiger partial charge in [0.2, 0.25) is 5.82 Å². The van der Waals surface area contributed by atoms with Crippen molar-refractivity contribution in [3.63, 3.8) is 0 Å². The highest BCUT2D eigenvalue weighted by molar-refractivity contribution is 6.32. The van der Waals surface area contributed by atoms with Crippen molar-refractivity contribution < 1.29 is 14.7 Å². The van der Waals surface area contributed by atoms with E-state index in [0.29, 0.717) is 29.4 Å². The molecule has 3 rings (SSSR count). The second-order valence-corrected chi connectivity index (χ2v) is 7.35. The van der Waals surface area contributed by atoms with Crippen molar-refractivity contribution in [2.24, 2.45) is 0 Å². The van der Waals surface area contributed by atoms with Gasteiger partial charge in [-0.1, -0.05) is 37.6 Å². The van der Waals surface area contributed by atoms with Crippen LogP contribution in [0.3, 0.4) is 0 Å². The van der Waals surface area contributed by atoms with E-state index in [1.165, 1.54) is 0 Å². The maximum absolute atomic E-state index is 12.8. The van der Waals surface area contributed by atoms with Crippen molar-refractivity contribution in [3.8, 4) is 5.69 Å². The topological polar surface area (TPSA) is 97.1 Å². The molecular weight excluding hydrogens is 368 g/mol. The van der Waals surface area contributed by atoms with Gasteiger partial charge in [-0.05, 0) is 37.8 Å². The Kier molecular flexibility index (Phi) is 5.51. The summed E-state index contributed by atoms with van der Waals surface area (Å²) in [4.78, 5) is 28.5. The standard InChI is InChI=1S/C19H23ClN4O3/c1-3-19(4-2,11-15(25)26)22-18(27)16-21-17(12-9-10-12)24(23-16)14-8-6-5-7-13(14)20/h5-8,12H,3-4,9-11H2,1-2H3,(H,22,27)(H,25,26). The molecule has 0 aliphatic heterocycles. The van der Waals surface area contributed by atoms with E-state index >= 15 is 0 Å². The van der Waals surface area contributed by atoms with Crippen LogP contribution in [0, 0.1) is 0 Å². The highest BCUT2D eigenvalue weighted by atomic mass is 35.5. The van der Waals surface area contributed by atoms with E-state index in [9.17, 15) is 14.7 Å². The maximum atomic E-state index is 12.8. The van der Waals surface area contributed by atoms with Gasteiger partial charge in [-0.15, -0.1) is 5.10 Å². The van der Waals surface area contributed by atoms with Crippen LogP contribution in [0.1, 0.15) is 68.3 Å². The van der Waals surface area contributed by atoms with Crippen molar-refractivity contribution in [1.82, 2.24) is 20.1 Å². The summed E-state index contributed by atoms with van der Waals surface area (Å²) in [6.07, 6.45) is 2.85. The van der Waals surface area contributed by atoms with E-state index in [-0.39, 0.29) is 18.2 Å². The zero-order chi connectivity index (χ0) is 19.6. The van der Waals surface area contributed by atoms with Crippen molar-refractivity contribution in [2.75, 3.05) is 0 Å². The molecule has 2 N–H and O–H groups in total. The zero-order valence-electron chi connectivity index (χ0n) is 15.4. The third-order valence-electron chi connectivity index (χ3n) is 5.08. The Labute approximate surface area is 162 Å². The van der Waals surface area contributed by atoms with E-state index in [2.05, 4.69) is 15.4 Å². The Hall–Kier alpha value is -2.41. The highest BCUT2D eigenvalue weighted by Gasteiger charge is 2.35. The van der Waals surface area contributed by atoms with Crippen LogP contribution in [0.5, 0.6) is 0 Å². The number of benzene rings is 1. The molecule has 0 unspecified atom stereocenters. The molecule has 1 aromatic heterocycles. The fourth-order valence-electron chi connectivity index (χ4n) is 3.13. The summed E-state index contributed by atoms with van der Waals surface area (Å²) < 4.78 is 1.63. The SMILES string of the molecule is CCC(CC)(CC(=O)O)NC(=O)c1nc(C2CC2)n(-c2ccccc2Cl)n1. The molecule has 1 amide bonds. The smallest absolute Gasteiger partial charge is 0.305 e. The summed E-state index contributed by atoms with van der Waals surface area (Å²) in [6, 6.07) is 7.28. The molecule has 1 aliphatic rings. The van der Waals surface area contributed by atoms with Crippen molar-refractivity contribution in [1.29, 1.82) is 0 Å². The molecule has 1 heterocycles. The number of carbonyl (C=O) groups excluding carboxylic acids is 1. The van der Waals surface area contributed by atoms with Crippen LogP contribution in [-0.2, 0) is 4.79 Å². The van der Waals surface area contributed by atoms with E-state index < -0.39 is 17.4 Å². The Morgan fingerprint density at radius 1 is 1.30 bits per heavy atom. The minimum absolute atomic E-state index is 0.0356. The lowest BCUT2D eigenvalue weighted by molar-refractivity contribution is -0.138. The lowest BCUT2D eigenvalue weighted by atomic mass is 9.89. The second kappa shape index (κ2) is 7.68. The third-order valence-corrected chi connectivity index (χ3v) is 5.40. The van der Waals surface area contributed by atoms with Crippen LogP contribution < -0.4 is 5.32 Å². The average Bonchev–Trinajstić information content (AvgIpc) is 3.39. The van der Waals surface area contributed by atoms with Gasteiger partial charge in [0.1, 0.15) is 5.82 Å². The molecule has 0 bridgehead atoms. The van der Waals surface area contributed by atoms with Gasteiger partial charge in [-0.3, -0.25) is 9.59 Å². The maximum Gasteiger partial charge on any atom is 0.305 e. The number of aliphatic carboxylic acids is 1. The molecular formula is C19H23ClN4O3. The summed E-state index contributed by atoms with van der Waals surface area (Å²) in [6.45, 7) is 3.72. The summed E-state index contributed by atoms with van der Waals surface area (Å²) in [5, 5.41) is 17.0. The number of aromatic nitrogens is 3. The van der Waals surface area contributed by atoms with Gasteiger partial charge in [0.05, 0.1) is 22.7 Å². The Morgan fingerprint density at radius 3 is 2.52 bits per heavy atom. The van der Waals surface area contributed by atoms with Gasteiger partial charge in [-0.25, -0.2) is 9.67 Å². The fraction of sp³-hybridized carbons (Fsp3) is 0.474. The minimum Gasteiger partial charge on any atom is -0.481 e.